The van der Waals surface area contributed by atoms with Crippen molar-refractivity contribution in [3.8, 4) is 11.5 Å². The summed E-state index contributed by atoms with van der Waals surface area (Å²) in [5, 5.41) is 0. The Balaban J connectivity index is 1.32. The third kappa shape index (κ3) is 5.66. The van der Waals surface area contributed by atoms with E-state index in [2.05, 4.69) is 11.0 Å². The van der Waals surface area contributed by atoms with Crippen molar-refractivity contribution < 1.29 is 23.4 Å². The van der Waals surface area contributed by atoms with Crippen LogP contribution in [0.15, 0.2) is 48.5 Å². The van der Waals surface area contributed by atoms with Gasteiger partial charge in [0.15, 0.2) is 18.1 Å². The monoisotopic (exact) mass is 440 g/mol. The summed E-state index contributed by atoms with van der Waals surface area (Å²) in [6.07, 6.45) is 3.14. The Bertz CT molecular complexity index is 955. The molecule has 2 aromatic rings. The molecule has 0 aliphatic carbocycles. The number of hydrogen-bond donors (Lipinski definition) is 0. The highest BCUT2D eigenvalue weighted by Crippen LogP contribution is 2.29. The SMILES string of the molecule is COc1cc(CN2CC=C(c3ccc(F)cc3)CC2)ccc1OCC(=O)N1CCOCC1. The Hall–Kier alpha value is -2.90. The first-order chi connectivity index (χ1) is 15.6. The molecule has 2 aliphatic rings. The minimum Gasteiger partial charge on any atom is -0.493 e. The molecule has 0 saturated carbocycles. The second-order valence-corrected chi connectivity index (χ2v) is 7.99. The molecule has 7 heteroatoms. The number of carbonyl (C=O) groups excluding carboxylic acids is 1. The molecule has 0 unspecified atom stereocenters. The van der Waals surface area contributed by atoms with Crippen LogP contribution in [0.4, 0.5) is 4.39 Å². The van der Waals surface area contributed by atoms with E-state index in [1.54, 1.807) is 12.0 Å². The molecule has 0 N–H and O–H groups in total. The fourth-order valence-corrected chi connectivity index (χ4v) is 4.01. The first-order valence-electron chi connectivity index (χ1n) is 10.9. The predicted octanol–water partition coefficient (Wildman–Crippen LogP) is 3.36. The first-order valence-corrected chi connectivity index (χ1v) is 10.9. The van der Waals surface area contributed by atoms with Crippen molar-refractivity contribution in [3.05, 3.63) is 65.5 Å². The van der Waals surface area contributed by atoms with Gasteiger partial charge in [-0.15, -0.1) is 0 Å². The summed E-state index contributed by atoms with van der Waals surface area (Å²) >= 11 is 0. The van der Waals surface area contributed by atoms with Crippen LogP contribution in [0.3, 0.4) is 0 Å². The predicted molar refractivity (Wildman–Crippen MR) is 120 cm³/mol. The van der Waals surface area contributed by atoms with Crippen LogP contribution in [-0.2, 0) is 16.1 Å². The van der Waals surface area contributed by atoms with E-state index in [0.29, 0.717) is 37.8 Å². The fraction of sp³-hybridized carbons (Fsp3) is 0.400. The minimum atomic E-state index is -0.210. The fourth-order valence-electron chi connectivity index (χ4n) is 4.01. The number of hydrogen-bond acceptors (Lipinski definition) is 5. The van der Waals surface area contributed by atoms with E-state index in [1.165, 1.54) is 17.7 Å². The Kier molecular flexibility index (Phi) is 7.39. The topological polar surface area (TPSA) is 51.2 Å². The van der Waals surface area contributed by atoms with Gasteiger partial charge in [-0.25, -0.2) is 4.39 Å². The van der Waals surface area contributed by atoms with Crippen LogP contribution in [0, 0.1) is 5.82 Å². The molecule has 0 bridgehead atoms. The number of benzene rings is 2. The quantitative estimate of drug-likeness (QED) is 0.661. The summed E-state index contributed by atoms with van der Waals surface area (Å²) in [5.74, 6) is 0.932. The summed E-state index contributed by atoms with van der Waals surface area (Å²) in [7, 11) is 1.61. The average molecular weight is 441 g/mol. The van der Waals surface area contributed by atoms with Gasteiger partial charge in [0.25, 0.3) is 5.91 Å². The van der Waals surface area contributed by atoms with Crippen LogP contribution in [0.25, 0.3) is 5.57 Å². The summed E-state index contributed by atoms with van der Waals surface area (Å²) < 4.78 is 29.7. The van der Waals surface area contributed by atoms with Gasteiger partial charge in [-0.3, -0.25) is 9.69 Å². The van der Waals surface area contributed by atoms with E-state index in [9.17, 15) is 9.18 Å². The Labute approximate surface area is 188 Å². The summed E-state index contributed by atoms with van der Waals surface area (Å²) in [4.78, 5) is 16.4. The van der Waals surface area contributed by atoms with Gasteiger partial charge < -0.3 is 19.1 Å². The number of morpholine rings is 1. The van der Waals surface area contributed by atoms with E-state index in [4.69, 9.17) is 14.2 Å². The molecule has 1 saturated heterocycles. The van der Waals surface area contributed by atoms with Gasteiger partial charge in [-0.1, -0.05) is 24.3 Å². The summed E-state index contributed by atoms with van der Waals surface area (Å²) in [6.45, 7) is 4.88. The maximum atomic E-state index is 13.2. The Morgan fingerprint density at radius 1 is 1.06 bits per heavy atom. The Morgan fingerprint density at radius 2 is 1.84 bits per heavy atom. The number of ether oxygens (including phenoxy) is 3. The normalized spacial score (nSPS) is 17.1. The van der Waals surface area contributed by atoms with Crippen LogP contribution in [0.2, 0.25) is 0 Å². The number of halogens is 1. The van der Waals surface area contributed by atoms with E-state index < -0.39 is 0 Å². The Morgan fingerprint density at radius 3 is 2.53 bits per heavy atom. The first kappa shape index (κ1) is 22.3. The van der Waals surface area contributed by atoms with Gasteiger partial charge in [0.05, 0.1) is 20.3 Å². The van der Waals surface area contributed by atoms with Gasteiger partial charge in [0.1, 0.15) is 5.82 Å². The maximum Gasteiger partial charge on any atom is 0.260 e. The highest BCUT2D eigenvalue weighted by molar-refractivity contribution is 5.78. The summed E-state index contributed by atoms with van der Waals surface area (Å²) in [5.41, 5.74) is 3.46. The zero-order valence-electron chi connectivity index (χ0n) is 18.4. The molecular formula is C25H29FN2O4. The molecule has 4 rings (SSSR count). The van der Waals surface area contributed by atoms with E-state index in [1.807, 2.05) is 30.3 Å². The van der Waals surface area contributed by atoms with Gasteiger partial charge in [0.2, 0.25) is 0 Å². The second-order valence-electron chi connectivity index (χ2n) is 7.99. The lowest BCUT2D eigenvalue weighted by Gasteiger charge is -2.27. The number of rotatable bonds is 7. The van der Waals surface area contributed by atoms with Crippen LogP contribution >= 0.6 is 0 Å². The lowest BCUT2D eigenvalue weighted by Crippen LogP contribution is -2.43. The molecule has 0 radical (unpaired) electrons. The standard InChI is InChI=1S/C25H29FN2O4/c1-30-24-16-19(2-7-23(24)32-18-25(29)28-12-14-31-15-13-28)17-27-10-8-21(9-11-27)20-3-5-22(26)6-4-20/h2-8,16H,9-15,17-18H2,1H3. The van der Waals surface area contributed by atoms with Crippen LogP contribution in [0.1, 0.15) is 17.5 Å². The zero-order chi connectivity index (χ0) is 22.3. The molecule has 1 fully saturated rings. The molecule has 0 spiro atoms. The van der Waals surface area contributed by atoms with Crippen LogP contribution in [-0.4, -0.2) is 68.8 Å². The molecule has 2 heterocycles. The third-order valence-corrected chi connectivity index (χ3v) is 5.86. The highest BCUT2D eigenvalue weighted by atomic mass is 19.1. The molecule has 1 amide bonds. The number of nitrogens with zero attached hydrogens (tertiary/aromatic N) is 2. The maximum absolute atomic E-state index is 13.2. The van der Waals surface area contributed by atoms with Crippen LogP contribution < -0.4 is 9.47 Å². The van der Waals surface area contributed by atoms with Crippen LogP contribution in [0.5, 0.6) is 11.5 Å². The minimum absolute atomic E-state index is 0.0151. The highest BCUT2D eigenvalue weighted by Gasteiger charge is 2.19. The van der Waals surface area contributed by atoms with E-state index in [-0.39, 0.29) is 18.3 Å². The molecule has 32 heavy (non-hydrogen) atoms. The zero-order valence-corrected chi connectivity index (χ0v) is 18.4. The van der Waals surface area contributed by atoms with Gasteiger partial charge in [0, 0.05) is 32.7 Å². The largest absolute Gasteiger partial charge is 0.493 e. The van der Waals surface area contributed by atoms with E-state index in [0.717, 1.165) is 37.2 Å². The summed E-state index contributed by atoms with van der Waals surface area (Å²) in [6, 6.07) is 12.5. The van der Waals surface area contributed by atoms with Crippen molar-refractivity contribution in [1.82, 2.24) is 9.80 Å². The van der Waals surface area contributed by atoms with Crippen molar-refractivity contribution in [3.63, 3.8) is 0 Å². The molecule has 6 nitrogen and oxygen atoms in total. The second kappa shape index (κ2) is 10.6. The molecule has 0 atom stereocenters. The number of methoxy groups -OCH3 is 1. The number of amides is 1. The van der Waals surface area contributed by atoms with E-state index >= 15 is 0 Å². The van der Waals surface area contributed by atoms with Crippen molar-refractivity contribution >= 4 is 11.5 Å². The lowest BCUT2D eigenvalue weighted by molar-refractivity contribution is -0.137. The molecule has 2 aromatic carbocycles. The third-order valence-electron chi connectivity index (χ3n) is 5.86. The molecule has 2 aliphatic heterocycles. The van der Waals surface area contributed by atoms with Crippen molar-refractivity contribution in [2.45, 2.75) is 13.0 Å². The smallest absolute Gasteiger partial charge is 0.260 e. The number of carbonyl (C=O) groups is 1. The molecule has 170 valence electrons. The lowest BCUT2D eigenvalue weighted by atomic mass is 9.99. The van der Waals surface area contributed by atoms with Gasteiger partial charge >= 0.3 is 0 Å². The van der Waals surface area contributed by atoms with Crippen molar-refractivity contribution in [2.75, 3.05) is 53.1 Å². The van der Waals surface area contributed by atoms with Crippen molar-refractivity contribution in [1.29, 1.82) is 0 Å². The van der Waals surface area contributed by atoms with Gasteiger partial charge in [-0.05, 0) is 47.4 Å². The van der Waals surface area contributed by atoms with Crippen molar-refractivity contribution in [2.24, 2.45) is 0 Å². The molecular weight excluding hydrogens is 411 g/mol. The van der Waals surface area contributed by atoms with Gasteiger partial charge in [-0.2, -0.15) is 0 Å². The average Bonchev–Trinajstić information content (AvgIpc) is 2.84. The molecule has 0 aromatic heterocycles.